The Morgan fingerprint density at radius 3 is 2.89 bits per heavy atom. The Bertz CT molecular complexity index is 511. The number of nitrogens with two attached hydrogens (primary N) is 1. The zero-order valence-corrected chi connectivity index (χ0v) is 10.6. The quantitative estimate of drug-likeness (QED) is 0.814. The van der Waals surface area contributed by atoms with Crippen LogP contribution in [-0.4, -0.2) is 12.5 Å². The highest BCUT2D eigenvalue weighted by molar-refractivity contribution is 7.08. The molecule has 1 amide bonds. The number of nitrogen functional groups attached to an aromatic ring is 1. The number of carbonyl (C=O) groups is 1. The van der Waals surface area contributed by atoms with E-state index in [1.807, 2.05) is 29.0 Å². The van der Waals surface area contributed by atoms with Crippen molar-refractivity contribution in [2.45, 2.75) is 6.42 Å². The summed E-state index contributed by atoms with van der Waals surface area (Å²) in [6.07, 6.45) is 0.296. The van der Waals surface area contributed by atoms with Gasteiger partial charge in [-0.25, -0.2) is 0 Å². The molecule has 0 spiro atoms. The van der Waals surface area contributed by atoms with E-state index in [1.54, 1.807) is 23.5 Å². The second kappa shape index (κ2) is 6.07. The lowest BCUT2D eigenvalue weighted by Gasteiger charge is -2.08. The lowest BCUT2D eigenvalue weighted by molar-refractivity contribution is -0.116. The predicted molar refractivity (Wildman–Crippen MR) is 73.9 cm³/mol. The minimum atomic E-state index is -0.0668. The maximum Gasteiger partial charge on any atom is 0.227 e. The van der Waals surface area contributed by atoms with Gasteiger partial charge in [0.05, 0.1) is 24.4 Å². The molecule has 1 aromatic heterocycles. The molecule has 18 heavy (non-hydrogen) atoms. The van der Waals surface area contributed by atoms with Crippen LogP contribution in [-0.2, 0) is 4.79 Å². The smallest absolute Gasteiger partial charge is 0.227 e. The normalized spacial score (nSPS) is 10.0. The topological polar surface area (TPSA) is 64.3 Å². The zero-order chi connectivity index (χ0) is 12.8. The van der Waals surface area contributed by atoms with Crippen LogP contribution >= 0.6 is 11.3 Å². The number of nitrogens with one attached hydrogen (secondary N) is 1. The highest BCUT2D eigenvalue weighted by atomic mass is 32.1. The molecule has 0 unspecified atom stereocenters. The summed E-state index contributed by atoms with van der Waals surface area (Å²) in [5.74, 6) is 0.545. The zero-order valence-electron chi connectivity index (χ0n) is 9.76. The molecule has 1 heterocycles. The molecule has 1 aromatic carbocycles. The van der Waals surface area contributed by atoms with Crippen molar-refractivity contribution in [1.29, 1.82) is 0 Å². The Hall–Kier alpha value is -2.01. The molecule has 0 aliphatic rings. The molecule has 0 saturated carbocycles. The van der Waals surface area contributed by atoms with Gasteiger partial charge in [0.15, 0.2) is 0 Å². The Morgan fingerprint density at radius 1 is 1.33 bits per heavy atom. The number of hydrogen-bond donors (Lipinski definition) is 2. The third kappa shape index (κ3) is 3.49. The fraction of sp³-hybridized carbons (Fsp3) is 0.154. The van der Waals surface area contributed by atoms with E-state index in [2.05, 4.69) is 5.32 Å². The van der Waals surface area contributed by atoms with Gasteiger partial charge in [-0.1, -0.05) is 12.1 Å². The summed E-state index contributed by atoms with van der Waals surface area (Å²) in [5, 5.41) is 6.58. The molecule has 0 bridgehead atoms. The van der Waals surface area contributed by atoms with Gasteiger partial charge in [-0.2, -0.15) is 11.3 Å². The maximum atomic E-state index is 11.6. The lowest BCUT2D eigenvalue weighted by atomic mass is 10.3. The summed E-state index contributed by atoms with van der Waals surface area (Å²) >= 11 is 1.54. The Balaban J connectivity index is 1.75. The molecule has 0 fully saturated rings. The first-order valence-electron chi connectivity index (χ1n) is 5.55. The summed E-state index contributed by atoms with van der Waals surface area (Å²) < 4.78 is 5.44. The third-order valence-corrected chi connectivity index (χ3v) is 2.99. The van der Waals surface area contributed by atoms with Crippen molar-refractivity contribution in [2.75, 3.05) is 17.7 Å². The molecule has 5 heteroatoms. The molecular weight excluding hydrogens is 248 g/mol. The van der Waals surface area contributed by atoms with Crippen molar-refractivity contribution in [3.8, 4) is 5.75 Å². The highest BCUT2D eigenvalue weighted by Gasteiger charge is 2.04. The fourth-order valence-corrected chi connectivity index (χ4v) is 2.01. The number of amides is 1. The first-order chi connectivity index (χ1) is 8.75. The van der Waals surface area contributed by atoms with Gasteiger partial charge >= 0.3 is 0 Å². The minimum absolute atomic E-state index is 0.0668. The number of benzene rings is 1. The molecule has 94 valence electrons. The number of rotatable bonds is 5. The SMILES string of the molecule is Nc1ccccc1OCCC(=O)Nc1ccsc1. The fourth-order valence-electron chi connectivity index (χ4n) is 1.42. The number of carbonyl (C=O) groups excluding carboxylic acids is 1. The second-order valence-corrected chi connectivity index (χ2v) is 4.48. The molecule has 4 nitrogen and oxygen atoms in total. The standard InChI is InChI=1S/C13H14N2O2S/c14-11-3-1-2-4-12(11)17-7-5-13(16)15-10-6-8-18-9-10/h1-4,6,8-9H,5,7,14H2,(H,15,16). The molecule has 0 aliphatic carbocycles. The van der Waals surface area contributed by atoms with Crippen LogP contribution in [0.4, 0.5) is 11.4 Å². The molecule has 3 N–H and O–H groups in total. The van der Waals surface area contributed by atoms with Crippen LogP contribution < -0.4 is 15.8 Å². The van der Waals surface area contributed by atoms with Crippen molar-refractivity contribution in [2.24, 2.45) is 0 Å². The number of hydrogen-bond acceptors (Lipinski definition) is 4. The van der Waals surface area contributed by atoms with Crippen LogP contribution in [0.2, 0.25) is 0 Å². The molecule has 2 rings (SSSR count). The Morgan fingerprint density at radius 2 is 2.17 bits per heavy atom. The molecule has 0 aliphatic heterocycles. The van der Waals surface area contributed by atoms with E-state index in [4.69, 9.17) is 10.5 Å². The van der Waals surface area contributed by atoms with Crippen molar-refractivity contribution in [3.63, 3.8) is 0 Å². The van der Waals surface area contributed by atoms with Crippen molar-refractivity contribution >= 4 is 28.6 Å². The van der Waals surface area contributed by atoms with E-state index >= 15 is 0 Å². The molecule has 0 radical (unpaired) electrons. The first kappa shape index (κ1) is 12.4. The van der Waals surface area contributed by atoms with Crippen LogP contribution in [0.25, 0.3) is 0 Å². The van der Waals surface area contributed by atoms with Gasteiger partial charge in [0.25, 0.3) is 0 Å². The van der Waals surface area contributed by atoms with Gasteiger partial charge in [-0.3, -0.25) is 4.79 Å². The van der Waals surface area contributed by atoms with Crippen LogP contribution in [0.1, 0.15) is 6.42 Å². The van der Waals surface area contributed by atoms with E-state index in [0.29, 0.717) is 24.5 Å². The Labute approximate surface area is 109 Å². The third-order valence-electron chi connectivity index (χ3n) is 2.31. The van der Waals surface area contributed by atoms with Gasteiger partial charge in [0.1, 0.15) is 5.75 Å². The molecule has 0 atom stereocenters. The van der Waals surface area contributed by atoms with Crippen LogP contribution in [0.3, 0.4) is 0 Å². The largest absolute Gasteiger partial charge is 0.491 e. The van der Waals surface area contributed by atoms with Crippen LogP contribution in [0, 0.1) is 0 Å². The minimum Gasteiger partial charge on any atom is -0.491 e. The monoisotopic (exact) mass is 262 g/mol. The summed E-state index contributed by atoms with van der Waals surface area (Å²) in [4.78, 5) is 11.6. The van der Waals surface area contributed by atoms with Crippen molar-refractivity contribution in [1.82, 2.24) is 0 Å². The number of thiophene rings is 1. The molecular formula is C13H14N2O2S. The van der Waals surface area contributed by atoms with Gasteiger partial charge < -0.3 is 15.8 Å². The lowest BCUT2D eigenvalue weighted by Crippen LogP contribution is -2.15. The average molecular weight is 262 g/mol. The van der Waals surface area contributed by atoms with E-state index in [-0.39, 0.29) is 5.91 Å². The summed E-state index contributed by atoms with van der Waals surface area (Å²) in [6.45, 7) is 0.310. The maximum absolute atomic E-state index is 11.6. The van der Waals surface area contributed by atoms with E-state index in [1.165, 1.54) is 0 Å². The van der Waals surface area contributed by atoms with Crippen LogP contribution in [0.5, 0.6) is 5.75 Å². The summed E-state index contributed by atoms with van der Waals surface area (Å²) in [5.41, 5.74) is 7.13. The predicted octanol–water partition coefficient (Wildman–Crippen LogP) is 2.74. The van der Waals surface area contributed by atoms with E-state index in [0.717, 1.165) is 5.69 Å². The molecule has 2 aromatic rings. The van der Waals surface area contributed by atoms with Crippen molar-refractivity contribution < 1.29 is 9.53 Å². The van der Waals surface area contributed by atoms with Gasteiger partial charge in [0.2, 0.25) is 5.91 Å². The van der Waals surface area contributed by atoms with Gasteiger partial charge in [-0.05, 0) is 23.6 Å². The average Bonchev–Trinajstić information content (AvgIpc) is 2.84. The van der Waals surface area contributed by atoms with E-state index < -0.39 is 0 Å². The van der Waals surface area contributed by atoms with Crippen molar-refractivity contribution in [3.05, 3.63) is 41.1 Å². The highest BCUT2D eigenvalue weighted by Crippen LogP contribution is 2.19. The number of para-hydroxylation sites is 2. The molecule has 0 saturated heterocycles. The summed E-state index contributed by atoms with van der Waals surface area (Å²) in [7, 11) is 0. The second-order valence-electron chi connectivity index (χ2n) is 3.70. The van der Waals surface area contributed by atoms with Gasteiger partial charge in [0, 0.05) is 5.38 Å². The first-order valence-corrected chi connectivity index (χ1v) is 6.49. The number of anilines is 2. The number of ether oxygens (including phenoxy) is 1. The van der Waals surface area contributed by atoms with Crippen LogP contribution in [0.15, 0.2) is 41.1 Å². The Kier molecular flexibility index (Phi) is 4.20. The summed E-state index contributed by atoms with van der Waals surface area (Å²) in [6, 6.07) is 9.09. The van der Waals surface area contributed by atoms with Gasteiger partial charge in [-0.15, -0.1) is 0 Å². The van der Waals surface area contributed by atoms with E-state index in [9.17, 15) is 4.79 Å².